The van der Waals surface area contributed by atoms with Crippen LogP contribution in [0.3, 0.4) is 0 Å². The Labute approximate surface area is 444 Å². The number of aryl methyl sites for hydroxylation is 4. The second-order valence-corrected chi connectivity index (χ2v) is 24.5. The van der Waals surface area contributed by atoms with Crippen LogP contribution in [0.2, 0.25) is 0 Å². The summed E-state index contributed by atoms with van der Waals surface area (Å²) in [6.07, 6.45) is 0. The molecule has 0 aliphatic rings. The van der Waals surface area contributed by atoms with Crippen molar-refractivity contribution in [1.29, 1.82) is 0 Å². The van der Waals surface area contributed by atoms with Crippen LogP contribution >= 0.6 is 0 Å². The average Bonchev–Trinajstić information content (AvgIpc) is 4.14. The Hall–Kier alpha value is -8.22. The Bertz CT molecular complexity index is 4460. The summed E-state index contributed by atoms with van der Waals surface area (Å²) in [5.41, 5.74) is 20.5. The molecule has 0 spiro atoms. The summed E-state index contributed by atoms with van der Waals surface area (Å²) >= 11 is 0. The molecule has 0 N–H and O–H groups in total. The van der Waals surface area contributed by atoms with Gasteiger partial charge in [-0.05, 0) is 121 Å². The van der Waals surface area contributed by atoms with Crippen molar-refractivity contribution in [3.05, 3.63) is 191 Å². The van der Waals surface area contributed by atoms with Crippen molar-refractivity contribution in [2.45, 2.75) is 106 Å². The van der Waals surface area contributed by atoms with Crippen molar-refractivity contribution < 1.29 is 17.7 Å². The molecular weight excluding hydrogens is 933 g/mol. The van der Waals surface area contributed by atoms with E-state index in [2.05, 4.69) is 245 Å². The van der Waals surface area contributed by atoms with Crippen molar-refractivity contribution in [3.8, 4) is 0 Å². The summed E-state index contributed by atoms with van der Waals surface area (Å²) < 4.78 is 28.7. The third-order valence-electron chi connectivity index (χ3n) is 15.7. The molecule has 4 heterocycles. The van der Waals surface area contributed by atoms with Gasteiger partial charge in [0.05, 0.1) is 17.1 Å². The molecule has 13 rings (SSSR count). The van der Waals surface area contributed by atoms with E-state index < -0.39 is 0 Å². The molecule has 6 heteroatoms. The van der Waals surface area contributed by atoms with E-state index >= 15 is 0 Å². The lowest BCUT2D eigenvalue weighted by atomic mass is 9.73. The minimum Gasteiger partial charge on any atom is -0.456 e. The van der Waals surface area contributed by atoms with Gasteiger partial charge in [0.2, 0.25) is 0 Å². The van der Waals surface area contributed by atoms with Crippen LogP contribution in [0.5, 0.6) is 0 Å². The van der Waals surface area contributed by atoms with Gasteiger partial charge in [0.25, 0.3) is 0 Å². The lowest BCUT2D eigenvalue weighted by molar-refractivity contribution is 0.549. The van der Waals surface area contributed by atoms with Crippen LogP contribution in [-0.2, 0) is 16.2 Å². The fourth-order valence-corrected chi connectivity index (χ4v) is 11.8. The number of para-hydroxylation sites is 2. The Balaban J connectivity index is 1.13. The van der Waals surface area contributed by atoms with Gasteiger partial charge in [-0.25, -0.2) is 0 Å². The van der Waals surface area contributed by atoms with Crippen LogP contribution in [0.15, 0.2) is 169 Å². The molecule has 9 aromatic carbocycles. The number of nitrogens with zero attached hydrogens (tertiary/aromatic N) is 2. The molecule has 0 saturated carbocycles. The monoisotopic (exact) mass is 996 g/mol. The Morgan fingerprint density at radius 3 is 1.21 bits per heavy atom. The molecule has 0 unspecified atom stereocenters. The number of rotatable bonds is 6. The van der Waals surface area contributed by atoms with E-state index in [0.29, 0.717) is 0 Å². The molecule has 4 aromatic heterocycles. The van der Waals surface area contributed by atoms with Crippen molar-refractivity contribution in [2.24, 2.45) is 0 Å². The average molecular weight is 997 g/mol. The molecule has 0 saturated heterocycles. The predicted molar refractivity (Wildman–Crippen MR) is 320 cm³/mol. The zero-order valence-electron chi connectivity index (χ0n) is 46.0. The quantitative estimate of drug-likeness (QED) is 0.165. The van der Waals surface area contributed by atoms with E-state index in [0.717, 1.165) is 127 Å². The molecular formula is C70H64N2O4. The first-order valence-electron chi connectivity index (χ1n) is 26.7. The van der Waals surface area contributed by atoms with Crippen LogP contribution in [0.1, 0.15) is 101 Å². The fraction of sp³-hybridized carbons (Fsp3) is 0.229. The van der Waals surface area contributed by atoms with E-state index in [1.54, 1.807) is 0 Å². The number of hydrogen-bond donors (Lipinski definition) is 0. The van der Waals surface area contributed by atoms with Crippen molar-refractivity contribution in [1.82, 2.24) is 0 Å². The summed E-state index contributed by atoms with van der Waals surface area (Å²) in [6.45, 7) is 29.6. The van der Waals surface area contributed by atoms with Crippen LogP contribution in [0.4, 0.5) is 34.1 Å². The molecule has 0 bridgehead atoms. The zero-order valence-corrected chi connectivity index (χ0v) is 46.0. The fourth-order valence-electron chi connectivity index (χ4n) is 11.8. The van der Waals surface area contributed by atoms with Crippen LogP contribution in [-0.4, -0.2) is 0 Å². The molecule has 0 aliphatic heterocycles. The van der Waals surface area contributed by atoms with Gasteiger partial charge < -0.3 is 27.5 Å². The largest absolute Gasteiger partial charge is 0.456 e. The minimum absolute atomic E-state index is 0.0714. The first kappa shape index (κ1) is 47.5. The van der Waals surface area contributed by atoms with Crippen molar-refractivity contribution >= 4 is 122 Å². The van der Waals surface area contributed by atoms with Gasteiger partial charge in [-0.2, -0.15) is 0 Å². The smallest absolute Gasteiger partial charge is 0.160 e. The summed E-state index contributed by atoms with van der Waals surface area (Å²) in [4.78, 5) is 4.77. The predicted octanol–water partition coefficient (Wildman–Crippen LogP) is 21.3. The molecule has 0 radical (unpaired) electrons. The Morgan fingerprint density at radius 2 is 0.763 bits per heavy atom. The van der Waals surface area contributed by atoms with Gasteiger partial charge >= 0.3 is 0 Å². The van der Waals surface area contributed by atoms with Crippen LogP contribution in [0, 0.1) is 27.7 Å². The topological polar surface area (TPSA) is 59.0 Å². The number of furan rings is 4. The standard InChI is InChI=1S/C70H64N2O4/c1-39-22-27-44(28-23-39)71(52-31-26-41(3)32-42(52)4)53-37-59-61(63-46-18-14-16-20-55(46)75-66(53)63)48-35-58-49(36-57(48)73-59)62-60(74-58)38-54(67-64(62)47-19-15-17-21-56(47)76-67)72(45-29-24-40(2)25-30-45)65-50(69(8,9)10)33-43(68(5,6)7)34-51(65)70(11,12)13/h14-38H,1-13H3. The third kappa shape index (κ3) is 7.43. The second-order valence-electron chi connectivity index (χ2n) is 24.5. The number of fused-ring (bicyclic) bond motifs is 14. The van der Waals surface area contributed by atoms with Crippen LogP contribution in [0.25, 0.3) is 87.8 Å². The summed E-state index contributed by atoms with van der Waals surface area (Å²) in [5, 5.41) is 7.93. The summed E-state index contributed by atoms with van der Waals surface area (Å²) in [7, 11) is 0. The molecule has 378 valence electrons. The lowest BCUT2D eigenvalue weighted by Crippen LogP contribution is -2.27. The number of hydrogen-bond acceptors (Lipinski definition) is 6. The second kappa shape index (κ2) is 16.6. The maximum Gasteiger partial charge on any atom is 0.160 e. The highest BCUT2D eigenvalue weighted by Crippen LogP contribution is 2.54. The van der Waals surface area contributed by atoms with Crippen molar-refractivity contribution in [2.75, 3.05) is 9.80 Å². The number of anilines is 6. The summed E-state index contributed by atoms with van der Waals surface area (Å²) in [6, 6.07) is 54.7. The van der Waals surface area contributed by atoms with E-state index in [1.165, 1.54) is 33.4 Å². The molecule has 6 nitrogen and oxygen atoms in total. The van der Waals surface area contributed by atoms with Gasteiger partial charge in [-0.3, -0.25) is 0 Å². The first-order chi connectivity index (χ1) is 36.2. The van der Waals surface area contributed by atoms with Gasteiger partial charge in [0, 0.05) is 72.3 Å². The molecule has 0 amide bonds. The van der Waals surface area contributed by atoms with Gasteiger partial charge in [-0.1, -0.05) is 164 Å². The number of benzene rings is 9. The molecule has 0 fully saturated rings. The maximum absolute atomic E-state index is 7.30. The van der Waals surface area contributed by atoms with E-state index in [1.807, 2.05) is 6.07 Å². The zero-order chi connectivity index (χ0) is 52.9. The van der Waals surface area contributed by atoms with E-state index in [-0.39, 0.29) is 16.2 Å². The van der Waals surface area contributed by atoms with E-state index in [4.69, 9.17) is 17.7 Å². The normalized spacial score (nSPS) is 12.8. The summed E-state index contributed by atoms with van der Waals surface area (Å²) in [5.74, 6) is 0. The minimum atomic E-state index is -0.224. The maximum atomic E-state index is 7.30. The van der Waals surface area contributed by atoms with Crippen LogP contribution < -0.4 is 9.80 Å². The highest BCUT2D eigenvalue weighted by molar-refractivity contribution is 6.33. The molecule has 0 atom stereocenters. The highest BCUT2D eigenvalue weighted by Gasteiger charge is 2.35. The van der Waals surface area contributed by atoms with Gasteiger partial charge in [-0.15, -0.1) is 0 Å². The molecule has 0 aliphatic carbocycles. The van der Waals surface area contributed by atoms with Crippen molar-refractivity contribution in [3.63, 3.8) is 0 Å². The lowest BCUT2D eigenvalue weighted by Gasteiger charge is -2.38. The van der Waals surface area contributed by atoms with Gasteiger partial charge in [0.15, 0.2) is 11.2 Å². The first-order valence-corrected chi connectivity index (χ1v) is 26.7. The Morgan fingerprint density at radius 1 is 0.329 bits per heavy atom. The van der Waals surface area contributed by atoms with E-state index in [9.17, 15) is 0 Å². The highest BCUT2D eigenvalue weighted by atomic mass is 16.3. The third-order valence-corrected chi connectivity index (χ3v) is 15.7. The Kier molecular flexibility index (Phi) is 10.4. The van der Waals surface area contributed by atoms with Gasteiger partial charge in [0.1, 0.15) is 33.5 Å². The molecule has 13 aromatic rings. The SMILES string of the molecule is Cc1ccc(N(c2ccc(C)cc2C)c2cc3oc4cc5c(cc4c3c3c2oc2ccccc23)oc2cc(N(c3ccc(C)cc3)c3c(C(C)(C)C)cc(C(C)(C)C)cc3C(C)(C)C)c3oc4ccccc4c3c25)cc1. The molecule has 76 heavy (non-hydrogen) atoms.